The Labute approximate surface area is 174 Å². The number of fused-ring (bicyclic) bond motifs is 1. The highest BCUT2D eigenvalue weighted by molar-refractivity contribution is 5.81. The van der Waals surface area contributed by atoms with Crippen molar-refractivity contribution in [2.24, 2.45) is 12.2 Å². The molecule has 2 aromatic carbocycles. The molecular formula is C21H16F3N5O2. The summed E-state index contributed by atoms with van der Waals surface area (Å²) < 4.78 is 45.8. The predicted molar refractivity (Wildman–Crippen MR) is 109 cm³/mol. The monoisotopic (exact) mass is 427 g/mol. The van der Waals surface area contributed by atoms with Gasteiger partial charge in [-0.25, -0.2) is 4.98 Å². The third-order valence-electron chi connectivity index (χ3n) is 4.57. The quantitative estimate of drug-likeness (QED) is 0.394. The van der Waals surface area contributed by atoms with E-state index in [-0.39, 0.29) is 6.54 Å². The average Bonchev–Trinajstić information content (AvgIpc) is 3.03. The van der Waals surface area contributed by atoms with Crippen molar-refractivity contribution in [3.05, 3.63) is 77.0 Å². The molecule has 158 valence electrons. The number of imidazole rings is 1. The molecular weight excluding hydrogens is 411 g/mol. The van der Waals surface area contributed by atoms with Crippen molar-refractivity contribution in [2.45, 2.75) is 12.7 Å². The van der Waals surface area contributed by atoms with E-state index >= 15 is 0 Å². The standard InChI is InChI=1S/C21H16F3N5O2/c1-29-19-7-6-16(31-17-8-9-25-15(10-17)12-26-30)11-18(19)28-20(29)27-14-4-2-13(3-5-14)21(22,23)24/h2-11H,12H2,1H3,(H,27,28). The fraction of sp³-hybridized carbons (Fsp3) is 0.143. The van der Waals surface area contributed by atoms with Gasteiger partial charge in [0.05, 0.1) is 22.3 Å². The summed E-state index contributed by atoms with van der Waals surface area (Å²) in [5.41, 5.74) is 1.71. The van der Waals surface area contributed by atoms with Crippen LogP contribution in [-0.2, 0) is 19.8 Å². The topological polar surface area (TPSA) is 81.4 Å². The number of benzene rings is 2. The maximum Gasteiger partial charge on any atom is 0.416 e. The summed E-state index contributed by atoms with van der Waals surface area (Å²) >= 11 is 0. The Hall–Kier alpha value is -3.95. The lowest BCUT2D eigenvalue weighted by Gasteiger charge is -2.09. The van der Waals surface area contributed by atoms with Crippen LogP contribution in [0.5, 0.6) is 11.5 Å². The largest absolute Gasteiger partial charge is 0.457 e. The van der Waals surface area contributed by atoms with Crippen LogP contribution in [0.4, 0.5) is 24.8 Å². The van der Waals surface area contributed by atoms with Gasteiger partial charge >= 0.3 is 6.18 Å². The van der Waals surface area contributed by atoms with Crippen LogP contribution in [0.1, 0.15) is 11.3 Å². The second kappa shape index (κ2) is 8.05. The highest BCUT2D eigenvalue weighted by Gasteiger charge is 2.30. The molecule has 0 fully saturated rings. The second-order valence-electron chi connectivity index (χ2n) is 6.72. The van der Waals surface area contributed by atoms with Crippen molar-refractivity contribution in [2.75, 3.05) is 5.32 Å². The number of ether oxygens (including phenoxy) is 1. The molecule has 0 amide bonds. The van der Waals surface area contributed by atoms with Crippen molar-refractivity contribution < 1.29 is 17.9 Å². The number of nitroso groups, excluding NO2 is 1. The number of aryl methyl sites for hydroxylation is 1. The molecule has 31 heavy (non-hydrogen) atoms. The first kappa shape index (κ1) is 20.3. The molecule has 10 heteroatoms. The number of nitrogens with one attached hydrogen (secondary N) is 1. The van der Waals surface area contributed by atoms with E-state index in [9.17, 15) is 18.1 Å². The molecule has 0 aliphatic carbocycles. The molecule has 4 aromatic rings. The van der Waals surface area contributed by atoms with Gasteiger partial charge < -0.3 is 14.6 Å². The summed E-state index contributed by atoms with van der Waals surface area (Å²) in [6.45, 7) is -0.0462. The molecule has 0 unspecified atom stereocenters. The molecule has 0 aliphatic heterocycles. The van der Waals surface area contributed by atoms with Crippen molar-refractivity contribution in [3.8, 4) is 11.5 Å². The molecule has 1 N–H and O–H groups in total. The normalized spacial score (nSPS) is 11.5. The molecule has 0 saturated carbocycles. The van der Waals surface area contributed by atoms with E-state index in [0.717, 1.165) is 17.6 Å². The summed E-state index contributed by atoms with van der Waals surface area (Å²) in [6.07, 6.45) is -2.85. The van der Waals surface area contributed by atoms with Gasteiger partial charge in [-0.2, -0.15) is 18.1 Å². The highest BCUT2D eigenvalue weighted by Crippen LogP contribution is 2.31. The number of alkyl halides is 3. The van der Waals surface area contributed by atoms with Gasteiger partial charge in [-0.3, -0.25) is 4.98 Å². The average molecular weight is 427 g/mol. The van der Waals surface area contributed by atoms with Crippen LogP contribution in [0, 0.1) is 4.91 Å². The van der Waals surface area contributed by atoms with Gasteiger partial charge in [0.15, 0.2) is 0 Å². The fourth-order valence-electron chi connectivity index (χ4n) is 3.03. The van der Waals surface area contributed by atoms with Crippen LogP contribution in [0.25, 0.3) is 11.0 Å². The number of anilines is 2. The minimum atomic E-state index is -4.38. The van der Waals surface area contributed by atoms with Crippen molar-refractivity contribution in [3.63, 3.8) is 0 Å². The smallest absolute Gasteiger partial charge is 0.416 e. The Morgan fingerprint density at radius 3 is 2.52 bits per heavy atom. The zero-order valence-corrected chi connectivity index (χ0v) is 16.2. The molecule has 4 rings (SSSR count). The zero-order chi connectivity index (χ0) is 22.0. The number of pyridine rings is 1. The summed E-state index contributed by atoms with van der Waals surface area (Å²) in [7, 11) is 1.80. The van der Waals surface area contributed by atoms with E-state index in [2.05, 4.69) is 20.5 Å². The van der Waals surface area contributed by atoms with Crippen LogP contribution in [0.2, 0.25) is 0 Å². The van der Waals surface area contributed by atoms with Gasteiger partial charge in [0.2, 0.25) is 5.95 Å². The molecule has 7 nitrogen and oxygen atoms in total. The van der Waals surface area contributed by atoms with E-state index in [1.807, 2.05) is 6.07 Å². The van der Waals surface area contributed by atoms with Gasteiger partial charge in [0, 0.05) is 31.1 Å². The summed E-state index contributed by atoms with van der Waals surface area (Å²) in [5, 5.41) is 5.84. The number of hydrogen-bond acceptors (Lipinski definition) is 6. The maximum atomic E-state index is 12.7. The van der Waals surface area contributed by atoms with Crippen molar-refractivity contribution in [1.29, 1.82) is 0 Å². The van der Waals surface area contributed by atoms with E-state index in [1.54, 1.807) is 35.9 Å². The molecule has 0 bridgehead atoms. The SMILES string of the molecule is Cn1c(Nc2ccc(C(F)(F)F)cc2)nc2cc(Oc3ccnc(CN=O)c3)ccc21. The van der Waals surface area contributed by atoms with E-state index in [1.165, 1.54) is 18.3 Å². The Bertz CT molecular complexity index is 1240. The number of hydrogen-bond donors (Lipinski definition) is 1. The lowest BCUT2D eigenvalue weighted by molar-refractivity contribution is -0.137. The van der Waals surface area contributed by atoms with Crippen LogP contribution >= 0.6 is 0 Å². The second-order valence-corrected chi connectivity index (χ2v) is 6.72. The first-order chi connectivity index (χ1) is 14.8. The number of rotatable bonds is 6. The van der Waals surface area contributed by atoms with E-state index in [4.69, 9.17) is 4.74 Å². The minimum Gasteiger partial charge on any atom is -0.457 e. The van der Waals surface area contributed by atoms with Crippen LogP contribution in [0.15, 0.2) is 66.0 Å². The van der Waals surface area contributed by atoms with Gasteiger partial charge in [0.25, 0.3) is 0 Å². The lowest BCUT2D eigenvalue weighted by Crippen LogP contribution is -2.05. The molecule has 0 aliphatic rings. The Morgan fingerprint density at radius 1 is 1.06 bits per heavy atom. The fourth-order valence-corrected chi connectivity index (χ4v) is 3.03. The summed E-state index contributed by atoms with van der Waals surface area (Å²) in [4.78, 5) is 19.0. The van der Waals surface area contributed by atoms with Gasteiger partial charge in [-0.05, 0) is 42.5 Å². The first-order valence-corrected chi connectivity index (χ1v) is 9.16. The summed E-state index contributed by atoms with van der Waals surface area (Å²) in [5.74, 6) is 1.50. The molecule has 2 aromatic heterocycles. The molecule has 2 heterocycles. The third kappa shape index (κ3) is 4.47. The molecule has 0 atom stereocenters. The van der Waals surface area contributed by atoms with Gasteiger partial charge in [-0.15, -0.1) is 0 Å². The Kier molecular flexibility index (Phi) is 5.28. The third-order valence-corrected chi connectivity index (χ3v) is 4.57. The van der Waals surface area contributed by atoms with E-state index in [0.29, 0.717) is 34.3 Å². The number of aromatic nitrogens is 3. The highest BCUT2D eigenvalue weighted by atomic mass is 19.4. The number of halogens is 3. The van der Waals surface area contributed by atoms with E-state index < -0.39 is 11.7 Å². The van der Waals surface area contributed by atoms with Crippen LogP contribution in [0.3, 0.4) is 0 Å². The predicted octanol–water partition coefficient (Wildman–Crippen LogP) is 5.79. The van der Waals surface area contributed by atoms with Crippen LogP contribution in [-0.4, -0.2) is 14.5 Å². The Balaban J connectivity index is 1.56. The van der Waals surface area contributed by atoms with Crippen molar-refractivity contribution in [1.82, 2.24) is 14.5 Å². The molecule has 0 spiro atoms. The van der Waals surface area contributed by atoms with Crippen molar-refractivity contribution >= 4 is 22.7 Å². The zero-order valence-electron chi connectivity index (χ0n) is 16.2. The lowest BCUT2D eigenvalue weighted by atomic mass is 10.2. The summed E-state index contributed by atoms with van der Waals surface area (Å²) in [6, 6.07) is 13.4. The maximum absolute atomic E-state index is 12.7. The number of nitrogens with zero attached hydrogens (tertiary/aromatic N) is 4. The Morgan fingerprint density at radius 2 is 1.81 bits per heavy atom. The molecule has 0 radical (unpaired) electrons. The molecule has 0 saturated heterocycles. The van der Waals surface area contributed by atoms with Gasteiger partial charge in [0.1, 0.15) is 18.0 Å². The van der Waals surface area contributed by atoms with Crippen LogP contribution < -0.4 is 10.1 Å². The first-order valence-electron chi connectivity index (χ1n) is 9.16. The minimum absolute atomic E-state index is 0.0462. The van der Waals surface area contributed by atoms with Gasteiger partial charge in [-0.1, -0.05) is 5.18 Å².